The van der Waals surface area contributed by atoms with Crippen LogP contribution in [0.4, 0.5) is 5.82 Å². The Morgan fingerprint density at radius 1 is 1.43 bits per heavy atom. The molecule has 0 amide bonds. The molecule has 0 saturated heterocycles. The van der Waals surface area contributed by atoms with E-state index in [0.717, 1.165) is 29.8 Å². The minimum Gasteiger partial charge on any atom is -0.359 e. The fraction of sp³-hybridized carbons (Fsp3) is 0.400. The third kappa shape index (κ3) is 1.43. The number of aromatic nitrogens is 3. The molecule has 4 nitrogen and oxygen atoms in total. The van der Waals surface area contributed by atoms with Gasteiger partial charge in [0.2, 0.25) is 0 Å². The van der Waals surface area contributed by atoms with Gasteiger partial charge in [-0.2, -0.15) is 0 Å². The van der Waals surface area contributed by atoms with Gasteiger partial charge in [-0.3, -0.25) is 0 Å². The Morgan fingerprint density at radius 3 is 3.07 bits per heavy atom. The maximum Gasteiger partial charge on any atom is 0.142 e. The second kappa shape index (κ2) is 3.65. The standard InChI is InChI=1S/C10H14N4/c1-3-6-14(2)10-8-4-5-11-9(8)12-7-13-10/h4-5,7H,3,6H2,1-2H3,(H,11,12,13). The summed E-state index contributed by atoms with van der Waals surface area (Å²) in [6.45, 7) is 3.17. The number of rotatable bonds is 3. The van der Waals surface area contributed by atoms with Gasteiger partial charge in [0.25, 0.3) is 0 Å². The number of nitrogens with zero attached hydrogens (tertiary/aromatic N) is 3. The molecule has 2 aromatic rings. The Kier molecular flexibility index (Phi) is 2.35. The lowest BCUT2D eigenvalue weighted by Crippen LogP contribution is -2.19. The smallest absolute Gasteiger partial charge is 0.142 e. The van der Waals surface area contributed by atoms with Crippen LogP contribution >= 0.6 is 0 Å². The second-order valence-corrected chi connectivity index (χ2v) is 3.36. The fourth-order valence-electron chi connectivity index (χ4n) is 1.60. The first-order valence-corrected chi connectivity index (χ1v) is 4.82. The molecule has 0 aliphatic heterocycles. The Balaban J connectivity index is 2.45. The average Bonchev–Trinajstić information content (AvgIpc) is 2.65. The predicted octanol–water partition coefficient (Wildman–Crippen LogP) is 1.80. The van der Waals surface area contributed by atoms with E-state index in [4.69, 9.17) is 0 Å². The average molecular weight is 190 g/mol. The van der Waals surface area contributed by atoms with E-state index in [1.165, 1.54) is 0 Å². The molecule has 0 spiro atoms. The number of hydrogen-bond acceptors (Lipinski definition) is 3. The first-order valence-electron chi connectivity index (χ1n) is 4.82. The monoisotopic (exact) mass is 190 g/mol. The van der Waals surface area contributed by atoms with Crippen molar-refractivity contribution in [3.63, 3.8) is 0 Å². The summed E-state index contributed by atoms with van der Waals surface area (Å²) in [7, 11) is 2.05. The van der Waals surface area contributed by atoms with Gasteiger partial charge in [0.15, 0.2) is 0 Å². The van der Waals surface area contributed by atoms with Gasteiger partial charge in [0.1, 0.15) is 17.8 Å². The maximum atomic E-state index is 4.29. The number of fused-ring (bicyclic) bond motifs is 1. The van der Waals surface area contributed by atoms with E-state index < -0.39 is 0 Å². The molecule has 0 aromatic carbocycles. The van der Waals surface area contributed by atoms with Crippen LogP contribution in [-0.2, 0) is 0 Å². The van der Waals surface area contributed by atoms with Crippen molar-refractivity contribution < 1.29 is 0 Å². The van der Waals surface area contributed by atoms with Crippen LogP contribution in [0.15, 0.2) is 18.6 Å². The summed E-state index contributed by atoms with van der Waals surface area (Å²) in [6.07, 6.45) is 4.61. The highest BCUT2D eigenvalue weighted by atomic mass is 15.2. The molecule has 14 heavy (non-hydrogen) atoms. The van der Waals surface area contributed by atoms with Crippen LogP contribution in [0, 0.1) is 0 Å². The van der Waals surface area contributed by atoms with E-state index in [0.29, 0.717) is 0 Å². The van der Waals surface area contributed by atoms with Crippen molar-refractivity contribution in [1.82, 2.24) is 15.0 Å². The zero-order valence-electron chi connectivity index (χ0n) is 8.49. The lowest BCUT2D eigenvalue weighted by Gasteiger charge is -2.17. The van der Waals surface area contributed by atoms with Gasteiger partial charge in [-0.1, -0.05) is 6.92 Å². The Hall–Kier alpha value is -1.58. The molecule has 0 aliphatic rings. The van der Waals surface area contributed by atoms with Crippen molar-refractivity contribution in [1.29, 1.82) is 0 Å². The van der Waals surface area contributed by atoms with E-state index in [1.807, 2.05) is 12.3 Å². The summed E-state index contributed by atoms with van der Waals surface area (Å²) in [5.41, 5.74) is 0.901. The quantitative estimate of drug-likeness (QED) is 0.802. The summed E-state index contributed by atoms with van der Waals surface area (Å²) in [5.74, 6) is 0.998. The van der Waals surface area contributed by atoms with Crippen LogP contribution in [0.3, 0.4) is 0 Å². The van der Waals surface area contributed by atoms with E-state index in [9.17, 15) is 0 Å². The van der Waals surface area contributed by atoms with Gasteiger partial charge in [0, 0.05) is 19.8 Å². The molecule has 4 heteroatoms. The molecular weight excluding hydrogens is 176 g/mol. The van der Waals surface area contributed by atoms with Gasteiger partial charge < -0.3 is 9.88 Å². The van der Waals surface area contributed by atoms with Crippen molar-refractivity contribution in [2.75, 3.05) is 18.5 Å². The molecule has 74 valence electrons. The summed E-state index contributed by atoms with van der Waals surface area (Å²) in [4.78, 5) is 13.7. The normalized spacial score (nSPS) is 10.7. The van der Waals surface area contributed by atoms with Crippen molar-refractivity contribution in [3.05, 3.63) is 18.6 Å². The Morgan fingerprint density at radius 2 is 2.29 bits per heavy atom. The van der Waals surface area contributed by atoms with Gasteiger partial charge in [-0.25, -0.2) is 9.97 Å². The van der Waals surface area contributed by atoms with Crippen molar-refractivity contribution in [3.8, 4) is 0 Å². The molecule has 2 heterocycles. The number of aromatic amines is 1. The van der Waals surface area contributed by atoms with Crippen molar-refractivity contribution in [2.24, 2.45) is 0 Å². The topological polar surface area (TPSA) is 44.8 Å². The van der Waals surface area contributed by atoms with Crippen LogP contribution in [0.1, 0.15) is 13.3 Å². The van der Waals surface area contributed by atoms with E-state index in [-0.39, 0.29) is 0 Å². The minimum absolute atomic E-state index is 0.901. The Bertz CT molecular complexity index is 421. The van der Waals surface area contributed by atoms with E-state index in [2.05, 4.69) is 33.8 Å². The van der Waals surface area contributed by atoms with Gasteiger partial charge in [-0.05, 0) is 12.5 Å². The lowest BCUT2D eigenvalue weighted by molar-refractivity contribution is 0.840. The van der Waals surface area contributed by atoms with Crippen LogP contribution in [0.2, 0.25) is 0 Å². The molecule has 2 rings (SSSR count). The van der Waals surface area contributed by atoms with E-state index >= 15 is 0 Å². The number of nitrogens with one attached hydrogen (secondary N) is 1. The largest absolute Gasteiger partial charge is 0.359 e. The molecule has 0 bridgehead atoms. The van der Waals surface area contributed by atoms with Crippen LogP contribution in [-0.4, -0.2) is 28.5 Å². The summed E-state index contributed by atoms with van der Waals surface area (Å²) in [5, 5.41) is 1.09. The van der Waals surface area contributed by atoms with Crippen molar-refractivity contribution >= 4 is 16.9 Å². The number of anilines is 1. The van der Waals surface area contributed by atoms with E-state index in [1.54, 1.807) is 6.33 Å². The number of H-pyrrole nitrogens is 1. The fourth-order valence-corrected chi connectivity index (χ4v) is 1.60. The minimum atomic E-state index is 0.901. The first kappa shape index (κ1) is 8.99. The molecule has 1 N–H and O–H groups in total. The summed E-state index contributed by atoms with van der Waals surface area (Å²) < 4.78 is 0. The second-order valence-electron chi connectivity index (χ2n) is 3.36. The molecule has 2 aromatic heterocycles. The highest BCUT2D eigenvalue weighted by molar-refractivity contribution is 5.87. The Labute approximate surface area is 83.0 Å². The van der Waals surface area contributed by atoms with Crippen LogP contribution in [0.5, 0.6) is 0 Å². The van der Waals surface area contributed by atoms with Crippen LogP contribution < -0.4 is 4.90 Å². The number of hydrogen-bond donors (Lipinski definition) is 1. The highest BCUT2D eigenvalue weighted by Gasteiger charge is 2.07. The molecular formula is C10H14N4. The van der Waals surface area contributed by atoms with Gasteiger partial charge in [0.05, 0.1) is 5.39 Å². The first-order chi connectivity index (χ1) is 6.83. The molecule has 0 atom stereocenters. The summed E-state index contributed by atoms with van der Waals surface area (Å²) >= 11 is 0. The predicted molar refractivity (Wildman–Crippen MR) is 57.4 cm³/mol. The SMILES string of the molecule is CCCN(C)c1ncnc2[nH]ccc12. The third-order valence-electron chi connectivity index (χ3n) is 2.25. The summed E-state index contributed by atoms with van der Waals surface area (Å²) in [6, 6.07) is 2.01. The molecule has 0 unspecified atom stereocenters. The maximum absolute atomic E-state index is 4.29. The molecule has 0 saturated carbocycles. The molecule has 0 radical (unpaired) electrons. The zero-order valence-corrected chi connectivity index (χ0v) is 8.49. The van der Waals surface area contributed by atoms with Crippen molar-refractivity contribution in [2.45, 2.75) is 13.3 Å². The van der Waals surface area contributed by atoms with Gasteiger partial charge >= 0.3 is 0 Å². The zero-order chi connectivity index (χ0) is 9.97. The molecule has 0 fully saturated rings. The molecule has 0 aliphatic carbocycles. The lowest BCUT2D eigenvalue weighted by atomic mass is 10.3. The van der Waals surface area contributed by atoms with Gasteiger partial charge in [-0.15, -0.1) is 0 Å². The van der Waals surface area contributed by atoms with Crippen LogP contribution in [0.25, 0.3) is 11.0 Å². The highest BCUT2D eigenvalue weighted by Crippen LogP contribution is 2.20. The third-order valence-corrected chi connectivity index (χ3v) is 2.25.